The zero-order valence-corrected chi connectivity index (χ0v) is 14.6. The van der Waals surface area contributed by atoms with E-state index >= 15 is 0 Å². The van der Waals surface area contributed by atoms with Gasteiger partial charge < -0.3 is 10.1 Å². The number of carbonyl (C=O) groups excluding carboxylic acids is 2. The first-order valence-corrected chi connectivity index (χ1v) is 7.73. The van der Waals surface area contributed by atoms with Crippen molar-refractivity contribution in [2.24, 2.45) is 0 Å². The molecular formula is C16H12ClN3O7. The SMILES string of the molecule is Cc1cccc(C(=O)OCC(=O)Nc2ccc(Cl)c([N+](=O)[O-])c2)c1[N+](=O)[O-]. The van der Waals surface area contributed by atoms with Crippen molar-refractivity contribution in [3.63, 3.8) is 0 Å². The van der Waals surface area contributed by atoms with Crippen molar-refractivity contribution in [1.82, 2.24) is 0 Å². The molecule has 0 saturated heterocycles. The summed E-state index contributed by atoms with van der Waals surface area (Å²) in [5, 5.41) is 24.1. The van der Waals surface area contributed by atoms with Crippen LogP contribution in [0.2, 0.25) is 5.02 Å². The standard InChI is InChI=1S/C16H12ClN3O7/c1-9-3-2-4-11(15(9)20(25)26)16(22)27-8-14(21)18-10-5-6-12(17)13(7-10)19(23)24/h2-7H,8H2,1H3,(H,18,21). The van der Waals surface area contributed by atoms with Crippen LogP contribution in [0.4, 0.5) is 17.1 Å². The lowest BCUT2D eigenvalue weighted by atomic mass is 10.1. The highest BCUT2D eigenvalue weighted by molar-refractivity contribution is 6.32. The number of benzene rings is 2. The maximum absolute atomic E-state index is 12.1. The molecule has 2 aromatic rings. The summed E-state index contributed by atoms with van der Waals surface area (Å²) in [6, 6.07) is 7.75. The highest BCUT2D eigenvalue weighted by atomic mass is 35.5. The van der Waals surface area contributed by atoms with E-state index in [-0.39, 0.29) is 21.8 Å². The predicted molar refractivity (Wildman–Crippen MR) is 94.9 cm³/mol. The first-order valence-electron chi connectivity index (χ1n) is 7.35. The number of nitrogens with zero attached hydrogens (tertiary/aromatic N) is 2. The maximum atomic E-state index is 12.1. The molecule has 0 bridgehead atoms. The number of nitrogens with one attached hydrogen (secondary N) is 1. The molecule has 1 N–H and O–H groups in total. The molecule has 0 saturated carbocycles. The van der Waals surface area contributed by atoms with Crippen LogP contribution in [-0.4, -0.2) is 28.3 Å². The Bertz CT molecular complexity index is 946. The Kier molecular flexibility index (Phi) is 6.03. The van der Waals surface area contributed by atoms with Crippen LogP contribution < -0.4 is 5.32 Å². The van der Waals surface area contributed by atoms with E-state index in [1.165, 1.54) is 37.3 Å². The molecular weight excluding hydrogens is 382 g/mol. The van der Waals surface area contributed by atoms with Gasteiger partial charge in [-0.15, -0.1) is 0 Å². The molecule has 0 aromatic heterocycles. The second-order valence-corrected chi connectivity index (χ2v) is 5.68. The number of aryl methyl sites for hydroxylation is 1. The van der Waals surface area contributed by atoms with Crippen LogP contribution >= 0.6 is 11.6 Å². The number of halogens is 1. The Morgan fingerprint density at radius 2 is 1.85 bits per heavy atom. The van der Waals surface area contributed by atoms with E-state index in [4.69, 9.17) is 16.3 Å². The second kappa shape index (κ2) is 8.23. The van der Waals surface area contributed by atoms with Crippen LogP contribution in [-0.2, 0) is 9.53 Å². The fourth-order valence-corrected chi connectivity index (χ4v) is 2.39. The fourth-order valence-electron chi connectivity index (χ4n) is 2.20. The number of carbonyl (C=O) groups is 2. The fraction of sp³-hybridized carbons (Fsp3) is 0.125. The lowest BCUT2D eigenvalue weighted by Gasteiger charge is -2.08. The Morgan fingerprint density at radius 1 is 1.15 bits per heavy atom. The van der Waals surface area contributed by atoms with Gasteiger partial charge >= 0.3 is 5.97 Å². The zero-order chi connectivity index (χ0) is 20.1. The van der Waals surface area contributed by atoms with Crippen molar-refractivity contribution in [2.75, 3.05) is 11.9 Å². The third-order valence-electron chi connectivity index (χ3n) is 3.40. The Morgan fingerprint density at radius 3 is 2.48 bits per heavy atom. The van der Waals surface area contributed by atoms with Crippen LogP contribution in [0.3, 0.4) is 0 Å². The molecule has 140 valence electrons. The molecule has 0 radical (unpaired) electrons. The van der Waals surface area contributed by atoms with Crippen molar-refractivity contribution < 1.29 is 24.2 Å². The molecule has 2 aromatic carbocycles. The lowest BCUT2D eigenvalue weighted by molar-refractivity contribution is -0.385. The number of hydrogen-bond donors (Lipinski definition) is 1. The number of para-hydroxylation sites is 1. The monoisotopic (exact) mass is 393 g/mol. The summed E-state index contributed by atoms with van der Waals surface area (Å²) in [5.41, 5.74) is -0.742. The van der Waals surface area contributed by atoms with Gasteiger partial charge in [-0.3, -0.25) is 25.0 Å². The third kappa shape index (κ3) is 4.76. The lowest BCUT2D eigenvalue weighted by Crippen LogP contribution is -2.21. The van der Waals surface area contributed by atoms with Gasteiger partial charge in [0.1, 0.15) is 10.6 Å². The molecule has 10 nitrogen and oxygen atoms in total. The van der Waals surface area contributed by atoms with E-state index in [1.807, 2.05) is 0 Å². The predicted octanol–water partition coefficient (Wildman–Crippen LogP) is 3.26. The van der Waals surface area contributed by atoms with Crippen LogP contribution in [0.1, 0.15) is 15.9 Å². The van der Waals surface area contributed by atoms with Gasteiger partial charge in [0.05, 0.1) is 9.85 Å². The summed E-state index contributed by atoms with van der Waals surface area (Å²) in [4.78, 5) is 44.4. The van der Waals surface area contributed by atoms with E-state index in [0.29, 0.717) is 0 Å². The van der Waals surface area contributed by atoms with Crippen LogP contribution in [0, 0.1) is 27.2 Å². The maximum Gasteiger partial charge on any atom is 0.345 e. The van der Waals surface area contributed by atoms with Gasteiger partial charge in [-0.2, -0.15) is 0 Å². The molecule has 0 spiro atoms. The smallest absolute Gasteiger partial charge is 0.345 e. The van der Waals surface area contributed by atoms with E-state index in [2.05, 4.69) is 5.32 Å². The number of amides is 1. The topological polar surface area (TPSA) is 142 Å². The van der Waals surface area contributed by atoms with E-state index in [9.17, 15) is 29.8 Å². The Balaban J connectivity index is 2.05. The van der Waals surface area contributed by atoms with E-state index in [1.54, 1.807) is 0 Å². The Hall–Kier alpha value is -3.53. The number of hydrogen-bond acceptors (Lipinski definition) is 7. The molecule has 11 heteroatoms. The van der Waals surface area contributed by atoms with Crippen molar-refractivity contribution in [1.29, 1.82) is 0 Å². The average Bonchev–Trinajstić information content (AvgIpc) is 2.60. The summed E-state index contributed by atoms with van der Waals surface area (Å²) in [5.74, 6) is -1.82. The van der Waals surface area contributed by atoms with Gasteiger partial charge in [0.15, 0.2) is 6.61 Å². The third-order valence-corrected chi connectivity index (χ3v) is 3.72. The molecule has 0 heterocycles. The molecule has 27 heavy (non-hydrogen) atoms. The van der Waals surface area contributed by atoms with Crippen molar-refractivity contribution in [2.45, 2.75) is 6.92 Å². The summed E-state index contributed by atoms with van der Waals surface area (Å²) in [6.07, 6.45) is 0. The minimum Gasteiger partial charge on any atom is -0.452 e. The Labute approximate surface area is 157 Å². The first-order chi connectivity index (χ1) is 12.7. The number of ether oxygens (including phenoxy) is 1. The molecule has 0 atom stereocenters. The number of nitro groups is 2. The number of anilines is 1. The average molecular weight is 394 g/mol. The van der Waals surface area contributed by atoms with Gasteiger partial charge in [0.2, 0.25) is 0 Å². The molecule has 0 aliphatic carbocycles. The number of nitro benzene ring substituents is 2. The van der Waals surface area contributed by atoms with Crippen molar-refractivity contribution >= 4 is 40.5 Å². The van der Waals surface area contributed by atoms with Crippen molar-refractivity contribution in [3.8, 4) is 0 Å². The summed E-state index contributed by atoms with van der Waals surface area (Å²) in [6.45, 7) is 0.732. The van der Waals surface area contributed by atoms with Crippen molar-refractivity contribution in [3.05, 3.63) is 72.8 Å². The van der Waals surface area contributed by atoms with Gasteiger partial charge in [-0.1, -0.05) is 23.7 Å². The molecule has 2 rings (SSSR count). The molecule has 0 aliphatic rings. The van der Waals surface area contributed by atoms with Gasteiger partial charge in [0.25, 0.3) is 17.3 Å². The highest BCUT2D eigenvalue weighted by Crippen LogP contribution is 2.27. The van der Waals surface area contributed by atoms with Gasteiger partial charge in [0, 0.05) is 17.3 Å². The summed E-state index contributed by atoms with van der Waals surface area (Å²) >= 11 is 5.67. The molecule has 0 unspecified atom stereocenters. The van der Waals surface area contributed by atoms with Crippen LogP contribution in [0.5, 0.6) is 0 Å². The second-order valence-electron chi connectivity index (χ2n) is 5.28. The van der Waals surface area contributed by atoms with Gasteiger partial charge in [-0.05, 0) is 25.1 Å². The van der Waals surface area contributed by atoms with E-state index < -0.39 is 39.7 Å². The molecule has 1 amide bonds. The molecule has 0 fully saturated rings. The van der Waals surface area contributed by atoms with Crippen LogP contribution in [0.15, 0.2) is 36.4 Å². The van der Waals surface area contributed by atoms with E-state index in [0.717, 1.165) is 6.07 Å². The summed E-state index contributed by atoms with van der Waals surface area (Å²) < 4.78 is 4.79. The zero-order valence-electron chi connectivity index (χ0n) is 13.8. The minimum absolute atomic E-state index is 0.0775. The summed E-state index contributed by atoms with van der Waals surface area (Å²) in [7, 11) is 0. The quantitative estimate of drug-likeness (QED) is 0.450. The van der Waals surface area contributed by atoms with Gasteiger partial charge in [-0.25, -0.2) is 4.79 Å². The number of esters is 1. The highest BCUT2D eigenvalue weighted by Gasteiger charge is 2.24. The largest absolute Gasteiger partial charge is 0.452 e. The first kappa shape index (κ1) is 19.8. The number of rotatable bonds is 6. The van der Waals surface area contributed by atoms with Crippen LogP contribution in [0.25, 0.3) is 0 Å². The minimum atomic E-state index is -1.04. The normalized spacial score (nSPS) is 10.1. The molecule has 0 aliphatic heterocycles.